The molecule has 0 heterocycles. The second-order valence-electron chi connectivity index (χ2n) is 2.82. The van der Waals surface area contributed by atoms with Gasteiger partial charge in [0.15, 0.2) is 0 Å². The van der Waals surface area contributed by atoms with E-state index in [0.29, 0.717) is 0 Å². The second kappa shape index (κ2) is 4.18. The minimum absolute atomic E-state index is 0.00389. The topological polar surface area (TPSA) is 43.8 Å². The van der Waals surface area contributed by atoms with Gasteiger partial charge in [-0.2, -0.15) is 0 Å². The van der Waals surface area contributed by atoms with E-state index in [2.05, 4.69) is 0 Å². The van der Waals surface area contributed by atoms with Crippen molar-refractivity contribution in [2.24, 2.45) is 0 Å². The van der Waals surface area contributed by atoms with Crippen LogP contribution in [0.4, 0.5) is 4.79 Å². The predicted molar refractivity (Wildman–Crippen MR) is 43.4 cm³/mol. The smallest absolute Gasteiger partial charge is 0.319 e. The van der Waals surface area contributed by atoms with E-state index in [-0.39, 0.29) is 18.7 Å². The molecule has 0 rings (SSSR count). The van der Waals surface area contributed by atoms with Crippen molar-refractivity contribution in [1.82, 2.24) is 9.80 Å². The molecule has 1 unspecified atom stereocenters. The van der Waals surface area contributed by atoms with Gasteiger partial charge in [0, 0.05) is 21.1 Å². The van der Waals surface area contributed by atoms with Gasteiger partial charge in [-0.05, 0) is 6.92 Å². The summed E-state index contributed by atoms with van der Waals surface area (Å²) < 4.78 is 0. The van der Waals surface area contributed by atoms with Crippen molar-refractivity contribution in [2.45, 2.75) is 13.0 Å². The first kappa shape index (κ1) is 10.2. The Labute approximate surface area is 67.4 Å². The normalized spacial score (nSPS) is 12.5. The molecule has 0 aromatic heterocycles. The number of aliphatic hydroxyl groups is 1. The van der Waals surface area contributed by atoms with Crippen LogP contribution in [0.2, 0.25) is 0 Å². The first-order valence-electron chi connectivity index (χ1n) is 3.55. The Morgan fingerprint density at radius 1 is 1.45 bits per heavy atom. The quantitative estimate of drug-likeness (QED) is 0.617. The van der Waals surface area contributed by atoms with Gasteiger partial charge >= 0.3 is 6.03 Å². The van der Waals surface area contributed by atoms with Crippen LogP contribution in [0.5, 0.6) is 0 Å². The summed E-state index contributed by atoms with van der Waals surface area (Å²) in [6.45, 7) is 1.79. The van der Waals surface area contributed by atoms with Crippen molar-refractivity contribution >= 4 is 6.03 Å². The molecule has 0 bridgehead atoms. The minimum Gasteiger partial charge on any atom is -0.394 e. The first-order chi connectivity index (χ1) is 5.00. The second-order valence-corrected chi connectivity index (χ2v) is 2.82. The third kappa shape index (κ3) is 2.76. The Kier molecular flexibility index (Phi) is 3.89. The molecule has 0 aromatic rings. The van der Waals surface area contributed by atoms with Crippen LogP contribution in [0.15, 0.2) is 0 Å². The number of likely N-dealkylation sites (N-methyl/N-ethyl adjacent to an activating group) is 1. The van der Waals surface area contributed by atoms with Crippen LogP contribution in [0.1, 0.15) is 6.92 Å². The van der Waals surface area contributed by atoms with Crippen LogP contribution >= 0.6 is 0 Å². The van der Waals surface area contributed by atoms with Gasteiger partial charge < -0.3 is 14.9 Å². The molecular formula is C7H16N2O2. The van der Waals surface area contributed by atoms with Gasteiger partial charge in [-0.25, -0.2) is 4.79 Å². The van der Waals surface area contributed by atoms with E-state index < -0.39 is 0 Å². The number of aliphatic hydroxyl groups excluding tert-OH is 1. The average Bonchev–Trinajstić information content (AvgIpc) is 2.00. The fraction of sp³-hybridized carbons (Fsp3) is 0.857. The molecule has 66 valence electrons. The number of carbonyl (C=O) groups excluding carboxylic acids is 1. The highest BCUT2D eigenvalue weighted by molar-refractivity contribution is 5.73. The summed E-state index contributed by atoms with van der Waals surface area (Å²) in [4.78, 5) is 14.2. The molecule has 1 atom stereocenters. The number of hydrogen-bond donors (Lipinski definition) is 1. The monoisotopic (exact) mass is 160 g/mol. The molecule has 1 N–H and O–H groups in total. The molecular weight excluding hydrogens is 144 g/mol. The lowest BCUT2D eigenvalue weighted by Gasteiger charge is -2.26. The van der Waals surface area contributed by atoms with Crippen LogP contribution in [0.25, 0.3) is 0 Å². The van der Waals surface area contributed by atoms with Gasteiger partial charge in [0.25, 0.3) is 0 Å². The van der Waals surface area contributed by atoms with Crippen LogP contribution in [-0.4, -0.2) is 54.7 Å². The lowest BCUT2D eigenvalue weighted by Crippen LogP contribution is -2.43. The largest absolute Gasteiger partial charge is 0.394 e. The van der Waals surface area contributed by atoms with Crippen molar-refractivity contribution in [3.05, 3.63) is 0 Å². The molecule has 4 heteroatoms. The summed E-state index contributed by atoms with van der Waals surface area (Å²) in [5, 5.41) is 8.72. The minimum atomic E-state index is -0.120. The van der Waals surface area contributed by atoms with E-state index in [0.717, 1.165) is 0 Å². The summed E-state index contributed by atoms with van der Waals surface area (Å²) in [5.74, 6) is 0. The predicted octanol–water partition coefficient (Wildman–Crippen LogP) is -0.0194. The van der Waals surface area contributed by atoms with Crippen molar-refractivity contribution in [2.75, 3.05) is 27.7 Å². The number of amides is 2. The molecule has 0 saturated heterocycles. The highest BCUT2D eigenvalue weighted by Gasteiger charge is 2.15. The zero-order valence-corrected chi connectivity index (χ0v) is 7.53. The zero-order chi connectivity index (χ0) is 9.02. The maximum atomic E-state index is 11.2. The van der Waals surface area contributed by atoms with E-state index in [9.17, 15) is 4.79 Å². The fourth-order valence-electron chi connectivity index (χ4n) is 0.626. The van der Waals surface area contributed by atoms with E-state index in [1.54, 1.807) is 28.1 Å². The van der Waals surface area contributed by atoms with Crippen molar-refractivity contribution in [3.63, 3.8) is 0 Å². The Morgan fingerprint density at radius 2 is 1.91 bits per heavy atom. The zero-order valence-electron chi connectivity index (χ0n) is 7.53. The van der Waals surface area contributed by atoms with Gasteiger partial charge in [-0.15, -0.1) is 0 Å². The highest BCUT2D eigenvalue weighted by Crippen LogP contribution is 1.97. The number of nitrogens with zero attached hydrogens (tertiary/aromatic N) is 2. The highest BCUT2D eigenvalue weighted by atomic mass is 16.3. The fourth-order valence-corrected chi connectivity index (χ4v) is 0.626. The number of urea groups is 1. The SMILES string of the molecule is CC(CO)N(C)C(=O)N(C)C. The Bertz CT molecular complexity index is 136. The van der Waals surface area contributed by atoms with Gasteiger partial charge in [0.2, 0.25) is 0 Å². The molecule has 2 amide bonds. The number of carbonyl (C=O) groups is 1. The summed E-state index contributed by atoms with van der Waals surface area (Å²) in [6.07, 6.45) is 0. The van der Waals surface area contributed by atoms with Gasteiger partial charge in [-0.3, -0.25) is 0 Å². The summed E-state index contributed by atoms with van der Waals surface area (Å²) >= 11 is 0. The third-order valence-corrected chi connectivity index (χ3v) is 1.61. The maximum Gasteiger partial charge on any atom is 0.319 e. The molecule has 11 heavy (non-hydrogen) atoms. The molecule has 0 radical (unpaired) electrons. The van der Waals surface area contributed by atoms with E-state index in [1.807, 2.05) is 0 Å². The van der Waals surface area contributed by atoms with Gasteiger partial charge in [-0.1, -0.05) is 0 Å². The number of rotatable bonds is 2. The Hall–Kier alpha value is -0.770. The average molecular weight is 160 g/mol. The number of hydrogen-bond acceptors (Lipinski definition) is 2. The molecule has 4 nitrogen and oxygen atoms in total. The van der Waals surface area contributed by atoms with Gasteiger partial charge in [0.1, 0.15) is 0 Å². The lowest BCUT2D eigenvalue weighted by molar-refractivity contribution is 0.139. The molecule has 0 aliphatic rings. The first-order valence-corrected chi connectivity index (χ1v) is 3.55. The van der Waals surface area contributed by atoms with Crippen molar-refractivity contribution in [3.8, 4) is 0 Å². The molecule has 0 aliphatic heterocycles. The van der Waals surface area contributed by atoms with E-state index >= 15 is 0 Å². The van der Waals surface area contributed by atoms with E-state index in [1.165, 1.54) is 9.80 Å². The van der Waals surface area contributed by atoms with Crippen LogP contribution < -0.4 is 0 Å². The molecule has 0 spiro atoms. The Morgan fingerprint density at radius 3 is 2.18 bits per heavy atom. The summed E-state index contributed by atoms with van der Waals surface area (Å²) in [5.41, 5.74) is 0. The molecule has 0 aliphatic carbocycles. The van der Waals surface area contributed by atoms with E-state index in [4.69, 9.17) is 5.11 Å². The maximum absolute atomic E-state index is 11.2. The van der Waals surface area contributed by atoms with Crippen LogP contribution in [0, 0.1) is 0 Å². The summed E-state index contributed by atoms with van der Waals surface area (Å²) in [6, 6.07) is -0.212. The summed E-state index contributed by atoms with van der Waals surface area (Å²) in [7, 11) is 5.04. The molecule has 0 aromatic carbocycles. The van der Waals surface area contributed by atoms with Crippen molar-refractivity contribution < 1.29 is 9.90 Å². The van der Waals surface area contributed by atoms with Crippen molar-refractivity contribution in [1.29, 1.82) is 0 Å². The van der Waals surface area contributed by atoms with Gasteiger partial charge in [0.05, 0.1) is 12.6 Å². The Balaban J connectivity index is 4.02. The lowest BCUT2D eigenvalue weighted by atomic mass is 10.3. The third-order valence-electron chi connectivity index (χ3n) is 1.61. The van der Waals surface area contributed by atoms with Crippen LogP contribution in [-0.2, 0) is 0 Å². The standard InChI is InChI=1S/C7H16N2O2/c1-6(5-10)9(4)7(11)8(2)3/h6,10H,5H2,1-4H3. The van der Waals surface area contributed by atoms with Crippen LogP contribution in [0.3, 0.4) is 0 Å². The molecule has 0 fully saturated rings. The molecule has 0 saturated carbocycles.